The van der Waals surface area contributed by atoms with E-state index in [9.17, 15) is 22.8 Å². The zero-order valence-electron chi connectivity index (χ0n) is 22.3. The van der Waals surface area contributed by atoms with E-state index in [1.54, 1.807) is 12.1 Å². The highest BCUT2D eigenvalue weighted by Crippen LogP contribution is 2.36. The normalized spacial score (nSPS) is 16.8. The van der Waals surface area contributed by atoms with Crippen molar-refractivity contribution in [2.75, 3.05) is 18.4 Å². The number of H-pyrrole nitrogens is 1. The smallest absolute Gasteiger partial charge is 0.356 e. The Kier molecular flexibility index (Phi) is 7.92. The Bertz CT molecular complexity index is 1560. The van der Waals surface area contributed by atoms with Crippen molar-refractivity contribution in [3.8, 4) is 11.3 Å². The van der Waals surface area contributed by atoms with Gasteiger partial charge in [-0.15, -0.1) is 0 Å². The molecule has 1 aromatic carbocycles. The van der Waals surface area contributed by atoms with Crippen LogP contribution in [0, 0.1) is 5.92 Å². The summed E-state index contributed by atoms with van der Waals surface area (Å²) in [6.45, 7) is 2.81. The minimum Gasteiger partial charge on any atom is -0.356 e. The molecule has 3 aromatic heterocycles. The topological polar surface area (TPSA) is 155 Å². The number of aromatic amines is 1. The van der Waals surface area contributed by atoms with Gasteiger partial charge in [0.05, 0.1) is 23.7 Å². The quantitative estimate of drug-likeness (QED) is 0.183. The molecule has 0 unspecified atom stereocenters. The molecule has 216 valence electrons. The number of anilines is 2. The summed E-state index contributed by atoms with van der Waals surface area (Å²) in [5, 5.41) is 14.5. The van der Waals surface area contributed by atoms with Crippen molar-refractivity contribution >= 4 is 29.0 Å². The average molecular weight is 570 g/mol. The molecule has 0 bridgehead atoms. The molecule has 0 spiro atoms. The summed E-state index contributed by atoms with van der Waals surface area (Å²) < 4.78 is 41.7. The summed E-state index contributed by atoms with van der Waals surface area (Å²) in [5.74, 6) is 0.123. The Morgan fingerprint density at radius 2 is 1.93 bits per heavy atom. The summed E-state index contributed by atoms with van der Waals surface area (Å²) >= 11 is 0. The van der Waals surface area contributed by atoms with E-state index in [-0.39, 0.29) is 35.0 Å². The van der Waals surface area contributed by atoms with Crippen LogP contribution in [-0.2, 0) is 17.4 Å². The fourth-order valence-corrected chi connectivity index (χ4v) is 4.84. The molecule has 14 heteroatoms. The number of benzene rings is 1. The molecule has 3 heterocycles. The highest BCUT2D eigenvalue weighted by Gasteiger charge is 2.36. The summed E-state index contributed by atoms with van der Waals surface area (Å²) in [7, 11) is 0. The van der Waals surface area contributed by atoms with Gasteiger partial charge in [-0.3, -0.25) is 19.1 Å². The predicted molar refractivity (Wildman–Crippen MR) is 145 cm³/mol. The van der Waals surface area contributed by atoms with Crippen molar-refractivity contribution in [3.63, 3.8) is 0 Å². The maximum atomic E-state index is 13.4. The van der Waals surface area contributed by atoms with E-state index in [0.717, 1.165) is 24.6 Å². The van der Waals surface area contributed by atoms with E-state index in [0.29, 0.717) is 48.6 Å². The highest BCUT2D eigenvalue weighted by molar-refractivity contribution is 5.96. The molecule has 0 aliphatic heterocycles. The third-order valence-electron chi connectivity index (χ3n) is 7.10. The second-order valence-electron chi connectivity index (χ2n) is 9.95. The lowest BCUT2D eigenvalue weighted by Gasteiger charge is -2.31. The molecule has 6 N–H and O–H groups in total. The standard InChI is InChI=1S/C27H30F3N9O2/c1-2-15-12-18(4-5-19(15)26(41)34-7-3-6-33-25(40)16-10-17(31)11-16)37-23-24-35-14-21(39(24)9-8-32-23)20-13-36-38-22(20)27(28,29)30/h4-5,8-9,12-14,16-17H,2-3,6-7,10-11,31H2,1H3,(H,32,37)(H,33,40)(H,34,41)(H,36,38). The van der Waals surface area contributed by atoms with Crippen molar-refractivity contribution in [1.82, 2.24) is 35.2 Å². The molecule has 2 amide bonds. The molecule has 0 atom stereocenters. The highest BCUT2D eigenvalue weighted by atomic mass is 19.4. The third kappa shape index (κ3) is 6.01. The first-order chi connectivity index (χ1) is 19.7. The second kappa shape index (κ2) is 11.6. The SMILES string of the molecule is CCc1cc(Nc2nccn3c(-c4cn[nH]c4C(F)(F)F)cnc23)ccc1C(=O)NCCCNC(=O)C1CC(N)C1. The number of halogens is 3. The van der Waals surface area contributed by atoms with Gasteiger partial charge in [-0.25, -0.2) is 9.97 Å². The van der Waals surface area contributed by atoms with Gasteiger partial charge >= 0.3 is 6.18 Å². The number of nitrogens with zero attached hydrogens (tertiary/aromatic N) is 4. The lowest BCUT2D eigenvalue weighted by molar-refractivity contribution is -0.140. The van der Waals surface area contributed by atoms with Crippen LogP contribution >= 0.6 is 0 Å². The van der Waals surface area contributed by atoms with Gasteiger partial charge in [0.1, 0.15) is 5.69 Å². The van der Waals surface area contributed by atoms with Gasteiger partial charge in [-0.05, 0) is 49.4 Å². The number of amides is 2. The molecule has 1 fully saturated rings. The Morgan fingerprint density at radius 3 is 2.66 bits per heavy atom. The fourth-order valence-electron chi connectivity index (χ4n) is 4.84. The minimum atomic E-state index is -4.60. The summed E-state index contributed by atoms with van der Waals surface area (Å²) in [5.41, 5.74) is 7.13. The van der Waals surface area contributed by atoms with Crippen LogP contribution in [0.15, 0.2) is 43.0 Å². The molecule has 1 aliphatic carbocycles. The van der Waals surface area contributed by atoms with Crippen LogP contribution in [0.3, 0.4) is 0 Å². The van der Waals surface area contributed by atoms with Crippen molar-refractivity contribution in [2.24, 2.45) is 11.7 Å². The van der Waals surface area contributed by atoms with Gasteiger partial charge in [0, 0.05) is 48.7 Å². The molecule has 1 aliphatic rings. The molecule has 5 rings (SSSR count). The number of imidazole rings is 1. The predicted octanol–water partition coefficient (Wildman–Crippen LogP) is 3.42. The number of hydrogen-bond donors (Lipinski definition) is 5. The summed E-state index contributed by atoms with van der Waals surface area (Å²) in [6, 6.07) is 5.37. The van der Waals surface area contributed by atoms with Gasteiger partial charge in [0.25, 0.3) is 5.91 Å². The molecular weight excluding hydrogens is 539 g/mol. The van der Waals surface area contributed by atoms with Gasteiger partial charge in [0.2, 0.25) is 5.91 Å². The first-order valence-corrected chi connectivity index (χ1v) is 13.3. The molecule has 4 aromatic rings. The first-order valence-electron chi connectivity index (χ1n) is 13.3. The zero-order chi connectivity index (χ0) is 29.1. The lowest BCUT2D eigenvalue weighted by atomic mass is 9.80. The number of nitrogens with two attached hydrogens (primary N) is 1. The number of fused-ring (bicyclic) bond motifs is 1. The first kappa shape index (κ1) is 28.1. The van der Waals surface area contributed by atoms with Crippen molar-refractivity contribution in [3.05, 3.63) is 59.8 Å². The monoisotopic (exact) mass is 569 g/mol. The number of nitrogens with one attached hydrogen (secondary N) is 4. The summed E-state index contributed by atoms with van der Waals surface area (Å²) in [4.78, 5) is 33.4. The third-order valence-corrected chi connectivity index (χ3v) is 7.10. The number of rotatable bonds is 10. The van der Waals surface area contributed by atoms with Gasteiger partial charge in [0.15, 0.2) is 11.5 Å². The van der Waals surface area contributed by atoms with E-state index in [4.69, 9.17) is 5.73 Å². The van der Waals surface area contributed by atoms with E-state index in [1.165, 1.54) is 23.0 Å². The van der Waals surface area contributed by atoms with Crippen LogP contribution in [0.5, 0.6) is 0 Å². The zero-order valence-corrected chi connectivity index (χ0v) is 22.3. The molecule has 1 saturated carbocycles. The number of carbonyl (C=O) groups excluding carboxylic acids is 2. The molecular formula is C27H30F3N9O2. The van der Waals surface area contributed by atoms with Gasteiger partial charge < -0.3 is 21.7 Å². The van der Waals surface area contributed by atoms with Crippen molar-refractivity contribution in [2.45, 2.75) is 44.8 Å². The van der Waals surface area contributed by atoms with Crippen LogP contribution in [0.2, 0.25) is 0 Å². The Labute approximate surface area is 233 Å². The second-order valence-corrected chi connectivity index (χ2v) is 9.95. The van der Waals surface area contributed by atoms with E-state index >= 15 is 0 Å². The number of aryl methyl sites for hydroxylation is 1. The van der Waals surface area contributed by atoms with E-state index in [2.05, 4.69) is 31.0 Å². The van der Waals surface area contributed by atoms with Crippen LogP contribution in [0.4, 0.5) is 24.7 Å². The van der Waals surface area contributed by atoms with Crippen molar-refractivity contribution in [1.29, 1.82) is 0 Å². The van der Waals surface area contributed by atoms with Crippen LogP contribution in [0.1, 0.15) is 47.8 Å². The number of aromatic nitrogens is 5. The van der Waals surface area contributed by atoms with E-state index in [1.807, 2.05) is 18.1 Å². The molecule has 11 nitrogen and oxygen atoms in total. The van der Waals surface area contributed by atoms with Crippen LogP contribution in [-0.4, -0.2) is 55.5 Å². The average Bonchev–Trinajstić information content (AvgIpc) is 3.58. The van der Waals surface area contributed by atoms with Crippen molar-refractivity contribution < 1.29 is 22.8 Å². The maximum Gasteiger partial charge on any atom is 0.433 e. The molecule has 0 radical (unpaired) electrons. The maximum absolute atomic E-state index is 13.4. The molecule has 0 saturated heterocycles. The van der Waals surface area contributed by atoms with Crippen LogP contribution in [0.25, 0.3) is 16.9 Å². The molecule has 41 heavy (non-hydrogen) atoms. The van der Waals surface area contributed by atoms with Gasteiger partial charge in [-0.2, -0.15) is 18.3 Å². The number of alkyl halides is 3. The van der Waals surface area contributed by atoms with Crippen LogP contribution < -0.4 is 21.7 Å². The Hall–Kier alpha value is -4.46. The largest absolute Gasteiger partial charge is 0.433 e. The minimum absolute atomic E-state index is 0.00441. The lowest BCUT2D eigenvalue weighted by Crippen LogP contribution is -2.45. The fraction of sp³-hybridized carbons (Fsp3) is 0.370. The number of hydrogen-bond acceptors (Lipinski definition) is 7. The summed E-state index contributed by atoms with van der Waals surface area (Å²) in [6.07, 6.45) is 3.45. The van der Waals surface area contributed by atoms with Gasteiger partial charge in [-0.1, -0.05) is 6.92 Å². The Balaban J connectivity index is 1.23. The number of carbonyl (C=O) groups is 2. The van der Waals surface area contributed by atoms with E-state index < -0.39 is 11.9 Å². The Morgan fingerprint density at radius 1 is 1.15 bits per heavy atom.